The third kappa shape index (κ3) is 3.48. The molecule has 0 aromatic rings. The number of carbonyl (C=O) groups is 1. The first-order valence-corrected chi connectivity index (χ1v) is 8.59. The van der Waals surface area contributed by atoms with E-state index >= 15 is 0 Å². The average molecular weight is 384 g/mol. The second kappa shape index (κ2) is 5.75. The van der Waals surface area contributed by atoms with Gasteiger partial charge in [0.15, 0.2) is 0 Å². The van der Waals surface area contributed by atoms with Crippen molar-refractivity contribution in [3.63, 3.8) is 0 Å². The van der Waals surface area contributed by atoms with Gasteiger partial charge in [-0.15, -0.1) is 0 Å². The highest BCUT2D eigenvalue weighted by Gasteiger charge is 2.76. The molecule has 2 aliphatic rings. The molecule has 2 rings (SSSR count). The summed E-state index contributed by atoms with van der Waals surface area (Å²) < 4.78 is 112. The van der Waals surface area contributed by atoms with E-state index in [1.807, 2.05) is 0 Å². The summed E-state index contributed by atoms with van der Waals surface area (Å²) in [5.74, 6) is -6.03. The number of esters is 1. The molecule has 0 spiro atoms. The van der Waals surface area contributed by atoms with Crippen molar-refractivity contribution < 1.29 is 48.8 Å². The number of alkyl halides is 6. The van der Waals surface area contributed by atoms with Gasteiger partial charge in [-0.1, -0.05) is 6.42 Å². The van der Waals surface area contributed by atoms with Gasteiger partial charge in [-0.05, 0) is 31.1 Å². The van der Waals surface area contributed by atoms with E-state index in [9.17, 15) is 39.6 Å². The highest BCUT2D eigenvalue weighted by atomic mass is 32.2. The molecular weight excluding hydrogens is 370 g/mol. The SMILES string of the molecule is O=C(OC(CS(=O)(=O)O)(C(F)(F)F)C(F)(F)F)C1CC2CC[C@@H]1C2. The van der Waals surface area contributed by atoms with Gasteiger partial charge in [0.25, 0.3) is 10.1 Å². The number of hydrogen-bond donors (Lipinski definition) is 1. The Morgan fingerprint density at radius 1 is 1.04 bits per heavy atom. The van der Waals surface area contributed by atoms with E-state index in [1.54, 1.807) is 0 Å². The third-order valence-corrected chi connectivity index (χ3v) is 5.39. The number of carbonyl (C=O) groups excluding carboxylic acids is 1. The molecule has 1 N–H and O–H groups in total. The fourth-order valence-electron chi connectivity index (χ4n) is 3.51. The maximum Gasteiger partial charge on any atom is 0.438 e. The van der Waals surface area contributed by atoms with Gasteiger partial charge in [0, 0.05) is 0 Å². The largest absolute Gasteiger partial charge is 0.438 e. The predicted octanol–water partition coefficient (Wildman–Crippen LogP) is 2.72. The van der Waals surface area contributed by atoms with Crippen LogP contribution in [0.15, 0.2) is 0 Å². The molecule has 2 bridgehead atoms. The molecule has 2 aliphatic carbocycles. The summed E-state index contributed by atoms with van der Waals surface area (Å²) in [4.78, 5) is 11.9. The van der Waals surface area contributed by atoms with Crippen LogP contribution < -0.4 is 0 Å². The number of ether oxygens (including phenoxy) is 1. The molecule has 2 unspecified atom stereocenters. The van der Waals surface area contributed by atoms with Gasteiger partial charge in [0.2, 0.25) is 0 Å². The molecule has 0 amide bonds. The van der Waals surface area contributed by atoms with E-state index in [-0.39, 0.29) is 18.3 Å². The minimum atomic E-state index is -6.27. The Morgan fingerprint density at radius 2 is 1.58 bits per heavy atom. The molecule has 0 aliphatic heterocycles. The number of hydrogen-bond acceptors (Lipinski definition) is 4. The summed E-state index contributed by atoms with van der Waals surface area (Å²) in [6.45, 7) is 0. The minimum absolute atomic E-state index is 0.0419. The summed E-state index contributed by atoms with van der Waals surface area (Å²) in [6.07, 6.45) is -10.7. The van der Waals surface area contributed by atoms with E-state index in [2.05, 4.69) is 4.74 Å². The molecule has 0 radical (unpaired) electrons. The van der Waals surface area contributed by atoms with Crippen LogP contribution in [-0.4, -0.2) is 42.6 Å². The van der Waals surface area contributed by atoms with Crippen LogP contribution >= 0.6 is 0 Å². The van der Waals surface area contributed by atoms with Crippen LogP contribution in [0.2, 0.25) is 0 Å². The highest BCUT2D eigenvalue weighted by Crippen LogP contribution is 2.51. The van der Waals surface area contributed by atoms with Gasteiger partial charge in [-0.2, -0.15) is 34.8 Å². The third-order valence-electron chi connectivity index (χ3n) is 4.62. The van der Waals surface area contributed by atoms with Crippen molar-refractivity contribution in [1.82, 2.24) is 0 Å². The van der Waals surface area contributed by atoms with Crippen molar-refractivity contribution in [2.75, 3.05) is 5.75 Å². The molecule has 0 saturated heterocycles. The molecule has 0 aromatic carbocycles. The van der Waals surface area contributed by atoms with Gasteiger partial charge >= 0.3 is 23.9 Å². The van der Waals surface area contributed by atoms with Gasteiger partial charge in [-0.3, -0.25) is 9.35 Å². The maximum absolute atomic E-state index is 13.1. The van der Waals surface area contributed by atoms with Crippen molar-refractivity contribution in [3.05, 3.63) is 0 Å². The monoisotopic (exact) mass is 384 g/mol. The van der Waals surface area contributed by atoms with E-state index in [0.717, 1.165) is 6.42 Å². The van der Waals surface area contributed by atoms with Crippen LogP contribution in [0.4, 0.5) is 26.3 Å². The number of rotatable bonds is 4. The normalized spacial score (nSPS) is 28.2. The zero-order valence-electron chi connectivity index (χ0n) is 12.0. The molecule has 0 aromatic heterocycles. The predicted molar refractivity (Wildman–Crippen MR) is 66.3 cm³/mol. The Balaban J connectivity index is 2.36. The van der Waals surface area contributed by atoms with Gasteiger partial charge in [0.1, 0.15) is 5.75 Å². The fourth-order valence-corrected chi connectivity index (χ4v) is 4.41. The van der Waals surface area contributed by atoms with Crippen molar-refractivity contribution in [1.29, 1.82) is 0 Å². The second-order valence-electron chi connectivity index (χ2n) is 6.25. The summed E-state index contributed by atoms with van der Waals surface area (Å²) in [5, 5.41) is 0. The van der Waals surface area contributed by atoms with Gasteiger partial charge < -0.3 is 4.74 Å². The average Bonchev–Trinajstić information content (AvgIpc) is 2.95. The molecule has 140 valence electrons. The highest BCUT2D eigenvalue weighted by molar-refractivity contribution is 7.85. The number of fused-ring (bicyclic) bond motifs is 2. The lowest BCUT2D eigenvalue weighted by atomic mass is 9.88. The topological polar surface area (TPSA) is 80.7 Å². The lowest BCUT2D eigenvalue weighted by molar-refractivity contribution is -0.362. The van der Waals surface area contributed by atoms with Crippen LogP contribution in [0, 0.1) is 17.8 Å². The van der Waals surface area contributed by atoms with Crippen molar-refractivity contribution in [2.24, 2.45) is 17.8 Å². The molecule has 24 heavy (non-hydrogen) atoms. The van der Waals surface area contributed by atoms with Crippen molar-refractivity contribution >= 4 is 16.1 Å². The van der Waals surface area contributed by atoms with Crippen LogP contribution in [0.3, 0.4) is 0 Å². The molecule has 3 atom stereocenters. The summed E-state index contributed by atoms with van der Waals surface area (Å²) in [7, 11) is -5.74. The van der Waals surface area contributed by atoms with E-state index in [4.69, 9.17) is 4.55 Å². The standard InChI is InChI=1S/C12H14F6O5S/c13-11(14,15)10(12(16,17)18,5-24(20,21)22)23-9(19)8-4-6-1-2-7(8)3-6/h6-8H,1-5H2,(H,20,21,22)/t6?,7-,8?/m1/s1. The Bertz CT molecular complexity index is 596. The molecule has 0 heterocycles. The second-order valence-corrected chi connectivity index (χ2v) is 7.70. The lowest BCUT2D eigenvalue weighted by Crippen LogP contribution is -2.64. The molecule has 2 saturated carbocycles. The molecule has 5 nitrogen and oxygen atoms in total. The van der Waals surface area contributed by atoms with Crippen LogP contribution in [0.1, 0.15) is 25.7 Å². The smallest absolute Gasteiger partial charge is 0.438 e. The van der Waals surface area contributed by atoms with Crippen molar-refractivity contribution in [2.45, 2.75) is 43.6 Å². The van der Waals surface area contributed by atoms with Crippen LogP contribution in [-0.2, 0) is 19.6 Å². The van der Waals surface area contributed by atoms with Gasteiger partial charge in [0.05, 0.1) is 5.92 Å². The summed E-state index contributed by atoms with van der Waals surface area (Å²) in [5.41, 5.74) is -5.30. The quantitative estimate of drug-likeness (QED) is 0.458. The molecule has 12 heteroatoms. The van der Waals surface area contributed by atoms with E-state index < -0.39 is 45.7 Å². The van der Waals surface area contributed by atoms with Crippen LogP contribution in [0.25, 0.3) is 0 Å². The summed E-state index contributed by atoms with van der Waals surface area (Å²) >= 11 is 0. The first-order chi connectivity index (χ1) is 10.7. The molecular formula is C12H14F6O5S. The zero-order chi connectivity index (χ0) is 18.6. The first-order valence-electron chi connectivity index (χ1n) is 6.98. The van der Waals surface area contributed by atoms with E-state index in [0.29, 0.717) is 12.8 Å². The Morgan fingerprint density at radius 3 is 1.92 bits per heavy atom. The van der Waals surface area contributed by atoms with Gasteiger partial charge in [-0.25, -0.2) is 0 Å². The zero-order valence-corrected chi connectivity index (χ0v) is 12.8. The Labute approximate surface area is 133 Å². The van der Waals surface area contributed by atoms with Crippen molar-refractivity contribution in [3.8, 4) is 0 Å². The Kier molecular flexibility index (Phi) is 4.62. The first kappa shape index (κ1) is 19.3. The maximum atomic E-state index is 13.1. The van der Waals surface area contributed by atoms with E-state index in [1.165, 1.54) is 0 Å². The molecule has 2 fully saturated rings. The fraction of sp³-hybridized carbons (Fsp3) is 0.917. The van der Waals surface area contributed by atoms with Crippen LogP contribution in [0.5, 0.6) is 0 Å². The minimum Gasteiger partial charge on any atom is -0.438 e. The number of halogens is 6. The Hall–Kier alpha value is -1.04. The lowest BCUT2D eigenvalue weighted by Gasteiger charge is -2.36. The summed E-state index contributed by atoms with van der Waals surface area (Å²) in [6, 6.07) is 0.